The Kier molecular flexibility index (Phi) is 8.66. The number of Topliss-reactive ketones (excluding diaryl/α,β-unsaturated/α-hetero) is 1. The maximum atomic E-state index is 11.5. The molecule has 0 radical (unpaired) electrons. The molecule has 0 aromatic carbocycles. The van der Waals surface area contributed by atoms with Crippen LogP contribution in [-0.4, -0.2) is 5.78 Å². The van der Waals surface area contributed by atoms with E-state index in [1.165, 1.54) is 12.0 Å². The fraction of sp³-hybridized carbons (Fsp3) is 0.667. The molecule has 1 nitrogen and oxygen atoms in total. The zero-order valence-electron chi connectivity index (χ0n) is 15.9. The highest BCUT2D eigenvalue weighted by atomic mass is 16.1. The maximum absolute atomic E-state index is 11.5. The molecular formula is C21H36O. The molecule has 1 aliphatic carbocycles. The van der Waals surface area contributed by atoms with Gasteiger partial charge in [-0.05, 0) is 50.0 Å². The van der Waals surface area contributed by atoms with Crippen LogP contribution in [-0.2, 0) is 4.79 Å². The van der Waals surface area contributed by atoms with Gasteiger partial charge < -0.3 is 0 Å². The van der Waals surface area contributed by atoms with Gasteiger partial charge in [0.25, 0.3) is 0 Å². The molecule has 1 rings (SSSR count). The molecular weight excluding hydrogens is 268 g/mol. The van der Waals surface area contributed by atoms with Gasteiger partial charge in [-0.2, -0.15) is 0 Å². The second-order valence-corrected chi connectivity index (χ2v) is 7.63. The molecule has 0 amide bonds. The van der Waals surface area contributed by atoms with Crippen molar-refractivity contribution in [1.29, 1.82) is 0 Å². The van der Waals surface area contributed by atoms with Gasteiger partial charge in [0.05, 0.1) is 0 Å². The lowest BCUT2D eigenvalue weighted by molar-refractivity contribution is -0.130. The summed E-state index contributed by atoms with van der Waals surface area (Å²) in [5.74, 6) is 1.50. The molecule has 0 aliphatic heterocycles. The molecule has 1 fully saturated rings. The van der Waals surface area contributed by atoms with Crippen molar-refractivity contribution in [2.45, 2.75) is 74.1 Å². The highest BCUT2D eigenvalue weighted by molar-refractivity contribution is 5.81. The number of hydrogen-bond donors (Lipinski definition) is 0. The van der Waals surface area contributed by atoms with Crippen LogP contribution in [0.4, 0.5) is 0 Å². The molecule has 1 saturated carbocycles. The molecule has 0 bridgehead atoms. The zero-order chi connectivity index (χ0) is 17.5. The predicted molar refractivity (Wildman–Crippen MR) is 99.0 cm³/mol. The van der Waals surface area contributed by atoms with E-state index >= 15 is 0 Å². The van der Waals surface area contributed by atoms with Gasteiger partial charge in [0.2, 0.25) is 0 Å². The minimum atomic E-state index is 0.327. The van der Waals surface area contributed by atoms with Gasteiger partial charge in [-0.1, -0.05) is 65.0 Å². The Labute approximate surface area is 138 Å². The molecule has 22 heavy (non-hydrogen) atoms. The molecule has 2 atom stereocenters. The number of rotatable bonds is 5. The topological polar surface area (TPSA) is 17.1 Å². The van der Waals surface area contributed by atoms with Gasteiger partial charge in [0.15, 0.2) is 0 Å². The molecule has 1 heteroatoms. The van der Waals surface area contributed by atoms with E-state index < -0.39 is 0 Å². The fourth-order valence-corrected chi connectivity index (χ4v) is 3.01. The highest BCUT2D eigenvalue weighted by Crippen LogP contribution is 2.46. The number of hydrogen-bond acceptors (Lipinski definition) is 1. The quantitative estimate of drug-likeness (QED) is 0.529. The van der Waals surface area contributed by atoms with E-state index in [1.807, 2.05) is 20.8 Å². The van der Waals surface area contributed by atoms with Crippen molar-refractivity contribution in [1.82, 2.24) is 0 Å². The summed E-state index contributed by atoms with van der Waals surface area (Å²) in [5.41, 5.74) is 3.87. The summed E-state index contributed by atoms with van der Waals surface area (Å²) >= 11 is 0. The molecule has 0 aromatic heterocycles. The fourth-order valence-electron chi connectivity index (χ4n) is 3.01. The maximum Gasteiger partial charge on any atom is 0.135 e. The van der Waals surface area contributed by atoms with Crippen LogP contribution in [0, 0.1) is 17.3 Å². The average molecular weight is 305 g/mol. The molecule has 1 aliphatic rings. The van der Waals surface area contributed by atoms with Gasteiger partial charge in [-0.15, -0.1) is 0 Å². The van der Waals surface area contributed by atoms with E-state index in [4.69, 9.17) is 0 Å². The average Bonchev–Trinajstić information content (AvgIpc) is 2.32. The first-order chi connectivity index (χ1) is 10.0. The lowest BCUT2D eigenvalue weighted by atomic mass is 9.60. The van der Waals surface area contributed by atoms with Crippen molar-refractivity contribution in [3.05, 3.63) is 36.0 Å². The van der Waals surface area contributed by atoms with E-state index in [1.54, 1.807) is 0 Å². The molecule has 126 valence electrons. The van der Waals surface area contributed by atoms with Crippen LogP contribution >= 0.6 is 0 Å². The van der Waals surface area contributed by atoms with Gasteiger partial charge in [-0.25, -0.2) is 0 Å². The van der Waals surface area contributed by atoms with Crippen molar-refractivity contribution in [3.63, 3.8) is 0 Å². The second-order valence-electron chi connectivity index (χ2n) is 7.63. The molecule has 0 heterocycles. The van der Waals surface area contributed by atoms with Crippen molar-refractivity contribution in [3.8, 4) is 0 Å². The van der Waals surface area contributed by atoms with Crippen molar-refractivity contribution in [2.24, 2.45) is 17.3 Å². The van der Waals surface area contributed by atoms with Crippen LogP contribution in [0.25, 0.3) is 0 Å². The minimum absolute atomic E-state index is 0.327. The summed E-state index contributed by atoms with van der Waals surface area (Å²) in [6.45, 7) is 22.5. The summed E-state index contributed by atoms with van der Waals surface area (Å²) in [6.07, 6.45) is 6.23. The second kappa shape index (κ2) is 9.12. The van der Waals surface area contributed by atoms with Crippen molar-refractivity contribution < 1.29 is 4.79 Å². The Bertz CT molecular complexity index is 431. The SMILES string of the molecule is C=C(C)/C=C(/CC)C(=C)C.CCC(=O)C1CCC1C(C)(C)C. The Balaban J connectivity index is 0.000000409. The highest BCUT2D eigenvalue weighted by Gasteiger charge is 2.41. The first-order valence-electron chi connectivity index (χ1n) is 8.59. The summed E-state index contributed by atoms with van der Waals surface area (Å²) in [5, 5.41) is 0. The van der Waals surface area contributed by atoms with E-state index in [-0.39, 0.29) is 0 Å². The van der Waals surface area contributed by atoms with Crippen LogP contribution in [0.2, 0.25) is 0 Å². The third kappa shape index (κ3) is 6.77. The lowest BCUT2D eigenvalue weighted by Gasteiger charge is -2.44. The zero-order valence-corrected chi connectivity index (χ0v) is 15.9. The van der Waals surface area contributed by atoms with Crippen LogP contribution in [0.15, 0.2) is 36.0 Å². The monoisotopic (exact) mass is 304 g/mol. The first-order valence-corrected chi connectivity index (χ1v) is 8.59. The smallest absolute Gasteiger partial charge is 0.135 e. The first kappa shape index (κ1) is 20.9. The summed E-state index contributed by atoms with van der Waals surface area (Å²) in [7, 11) is 0. The van der Waals surface area contributed by atoms with Crippen LogP contribution < -0.4 is 0 Å². The standard InChI is InChI=1S/C11H20O.C10H16/c1-5-10(12)8-6-7-9(8)11(2,3)4;1-6-10(9(4)5)7-8(2)3/h8-9H,5-7H2,1-4H3;7H,2,4,6H2,1,3,5H3/b;10-7-. The van der Waals surface area contributed by atoms with Crippen LogP contribution in [0.3, 0.4) is 0 Å². The van der Waals surface area contributed by atoms with Gasteiger partial charge in [0, 0.05) is 12.3 Å². The molecule has 2 unspecified atom stereocenters. The van der Waals surface area contributed by atoms with Gasteiger partial charge in [0.1, 0.15) is 5.78 Å². The summed E-state index contributed by atoms with van der Waals surface area (Å²) in [6, 6.07) is 0. The van der Waals surface area contributed by atoms with Crippen LogP contribution in [0.5, 0.6) is 0 Å². The van der Waals surface area contributed by atoms with E-state index in [0.717, 1.165) is 30.4 Å². The molecule has 0 saturated heterocycles. The van der Waals surface area contributed by atoms with E-state index in [9.17, 15) is 4.79 Å². The largest absolute Gasteiger partial charge is 0.299 e. The minimum Gasteiger partial charge on any atom is -0.299 e. The Hall–Kier alpha value is -1.11. The third-order valence-electron chi connectivity index (χ3n) is 4.50. The Morgan fingerprint density at radius 1 is 1.09 bits per heavy atom. The number of carbonyl (C=O) groups is 1. The normalized spacial score (nSPS) is 21.3. The van der Waals surface area contributed by atoms with E-state index in [0.29, 0.717) is 23.0 Å². The van der Waals surface area contributed by atoms with Crippen molar-refractivity contribution in [2.75, 3.05) is 0 Å². The Morgan fingerprint density at radius 3 is 1.82 bits per heavy atom. The summed E-state index contributed by atoms with van der Waals surface area (Å²) in [4.78, 5) is 11.5. The van der Waals surface area contributed by atoms with E-state index in [2.05, 4.69) is 46.9 Å². The number of ketones is 1. The number of allylic oxidation sites excluding steroid dienone is 4. The predicted octanol–water partition coefficient (Wildman–Crippen LogP) is 6.51. The van der Waals surface area contributed by atoms with Gasteiger partial charge in [-0.3, -0.25) is 4.79 Å². The van der Waals surface area contributed by atoms with Crippen molar-refractivity contribution >= 4 is 5.78 Å². The third-order valence-corrected chi connectivity index (χ3v) is 4.50. The van der Waals surface area contributed by atoms with Gasteiger partial charge >= 0.3 is 0 Å². The van der Waals surface area contributed by atoms with Crippen LogP contribution in [0.1, 0.15) is 74.1 Å². The Morgan fingerprint density at radius 2 is 1.64 bits per heavy atom. The molecule has 0 aromatic rings. The number of carbonyl (C=O) groups excluding carboxylic acids is 1. The summed E-state index contributed by atoms with van der Waals surface area (Å²) < 4.78 is 0. The lowest BCUT2D eigenvalue weighted by Crippen LogP contribution is -2.40. The molecule has 0 spiro atoms. The molecule has 0 N–H and O–H groups in total.